The van der Waals surface area contributed by atoms with Crippen molar-refractivity contribution in [3.05, 3.63) is 17.8 Å². The summed E-state index contributed by atoms with van der Waals surface area (Å²) in [6.45, 7) is 6.22. The molecule has 1 saturated carbocycles. The molecule has 2 N–H and O–H groups in total. The van der Waals surface area contributed by atoms with E-state index in [9.17, 15) is 9.59 Å². The van der Waals surface area contributed by atoms with Crippen molar-refractivity contribution in [3.63, 3.8) is 0 Å². The molecule has 6 nitrogen and oxygen atoms in total. The number of rotatable bonds is 5. The number of oxazole rings is 1. The largest absolute Gasteiger partial charge is 0.481 e. The smallest absolute Gasteiger partial charge is 0.307 e. The second kappa shape index (κ2) is 4.68. The van der Waals surface area contributed by atoms with Gasteiger partial charge in [0.1, 0.15) is 5.76 Å². The molecule has 0 aliphatic heterocycles. The van der Waals surface area contributed by atoms with E-state index in [-0.39, 0.29) is 17.5 Å². The molecule has 1 amide bonds. The van der Waals surface area contributed by atoms with Crippen LogP contribution in [0.15, 0.2) is 10.8 Å². The molecule has 1 aromatic rings. The summed E-state index contributed by atoms with van der Waals surface area (Å²) in [4.78, 5) is 27.0. The zero-order chi connectivity index (χ0) is 14.2. The number of carboxylic acids is 1. The Labute approximate surface area is 111 Å². The van der Waals surface area contributed by atoms with Crippen molar-refractivity contribution in [1.82, 2.24) is 10.3 Å². The van der Waals surface area contributed by atoms with Crippen molar-refractivity contribution in [2.24, 2.45) is 11.3 Å². The SMILES string of the molecule is CCCNC(=O)c1ncoc1C1C(C(=O)O)C1(C)C. The molecule has 1 aliphatic rings. The van der Waals surface area contributed by atoms with Gasteiger partial charge in [-0.05, 0) is 11.8 Å². The molecule has 2 unspecified atom stereocenters. The van der Waals surface area contributed by atoms with Crippen molar-refractivity contribution < 1.29 is 19.1 Å². The minimum atomic E-state index is -0.869. The molecule has 0 saturated heterocycles. The van der Waals surface area contributed by atoms with E-state index in [2.05, 4.69) is 10.3 Å². The zero-order valence-corrected chi connectivity index (χ0v) is 11.3. The summed E-state index contributed by atoms with van der Waals surface area (Å²) in [7, 11) is 0. The number of hydrogen-bond donors (Lipinski definition) is 2. The van der Waals surface area contributed by atoms with Crippen LogP contribution in [0.1, 0.15) is 49.4 Å². The first-order chi connectivity index (χ1) is 8.91. The predicted octanol–water partition coefficient (Wildman–Crippen LogP) is 1.64. The van der Waals surface area contributed by atoms with Gasteiger partial charge < -0.3 is 14.8 Å². The summed E-state index contributed by atoms with van der Waals surface area (Å²) in [5.74, 6) is -1.62. The second-order valence-electron chi connectivity index (χ2n) is 5.44. The molecule has 0 spiro atoms. The van der Waals surface area contributed by atoms with Gasteiger partial charge in [-0.2, -0.15) is 0 Å². The minimum Gasteiger partial charge on any atom is -0.481 e. The van der Waals surface area contributed by atoms with Crippen LogP contribution in [0.25, 0.3) is 0 Å². The van der Waals surface area contributed by atoms with E-state index < -0.39 is 17.3 Å². The lowest BCUT2D eigenvalue weighted by Crippen LogP contribution is -2.25. The predicted molar refractivity (Wildman–Crippen MR) is 66.8 cm³/mol. The molecule has 1 fully saturated rings. The van der Waals surface area contributed by atoms with Crippen LogP contribution >= 0.6 is 0 Å². The number of nitrogens with zero attached hydrogens (tertiary/aromatic N) is 1. The molecule has 1 aromatic heterocycles. The summed E-state index contributed by atoms with van der Waals surface area (Å²) in [5, 5.41) is 11.9. The van der Waals surface area contributed by atoms with Gasteiger partial charge in [-0.25, -0.2) is 4.98 Å². The van der Waals surface area contributed by atoms with E-state index in [1.807, 2.05) is 20.8 Å². The van der Waals surface area contributed by atoms with Crippen molar-refractivity contribution in [2.45, 2.75) is 33.1 Å². The zero-order valence-electron chi connectivity index (χ0n) is 11.3. The van der Waals surface area contributed by atoms with E-state index in [1.165, 1.54) is 6.39 Å². The lowest BCUT2D eigenvalue weighted by molar-refractivity contribution is -0.139. The lowest BCUT2D eigenvalue weighted by atomic mass is 10.1. The van der Waals surface area contributed by atoms with Gasteiger partial charge in [0.15, 0.2) is 12.1 Å². The van der Waals surface area contributed by atoms with Crippen LogP contribution < -0.4 is 5.32 Å². The maximum atomic E-state index is 11.9. The van der Waals surface area contributed by atoms with Gasteiger partial charge in [0.05, 0.1) is 5.92 Å². The Morgan fingerprint density at radius 2 is 2.21 bits per heavy atom. The number of carbonyl (C=O) groups is 2. The van der Waals surface area contributed by atoms with E-state index >= 15 is 0 Å². The van der Waals surface area contributed by atoms with Gasteiger partial charge in [-0.3, -0.25) is 9.59 Å². The Kier molecular flexibility index (Phi) is 3.34. The molecule has 0 aromatic carbocycles. The van der Waals surface area contributed by atoms with Crippen LogP contribution in [-0.2, 0) is 4.79 Å². The van der Waals surface area contributed by atoms with Crippen molar-refractivity contribution in [2.75, 3.05) is 6.54 Å². The van der Waals surface area contributed by atoms with E-state index in [4.69, 9.17) is 9.52 Å². The minimum absolute atomic E-state index is 0.204. The van der Waals surface area contributed by atoms with Gasteiger partial charge >= 0.3 is 5.97 Å². The molecule has 0 bridgehead atoms. The standard InChI is InChI=1S/C13H18N2O4/c1-4-5-14-11(16)9-10(19-6-15-9)7-8(12(17)18)13(7,2)3/h6-8H,4-5H2,1-3H3,(H,14,16)(H,17,18). The van der Waals surface area contributed by atoms with Crippen molar-refractivity contribution in [3.8, 4) is 0 Å². The lowest BCUT2D eigenvalue weighted by Gasteiger charge is -2.03. The molecule has 1 heterocycles. The number of hydrogen-bond acceptors (Lipinski definition) is 4. The number of aromatic nitrogens is 1. The Bertz CT molecular complexity index is 506. The van der Waals surface area contributed by atoms with E-state index in [0.717, 1.165) is 6.42 Å². The number of nitrogens with one attached hydrogen (secondary N) is 1. The number of aliphatic carboxylic acids is 1. The van der Waals surface area contributed by atoms with Crippen LogP contribution in [-0.4, -0.2) is 28.5 Å². The quantitative estimate of drug-likeness (QED) is 0.845. The molecule has 0 radical (unpaired) electrons. The summed E-state index contributed by atoms with van der Waals surface area (Å²) >= 11 is 0. The molecule has 19 heavy (non-hydrogen) atoms. The maximum Gasteiger partial charge on any atom is 0.307 e. The molecule has 6 heteroatoms. The van der Waals surface area contributed by atoms with Crippen molar-refractivity contribution in [1.29, 1.82) is 0 Å². The molecule has 2 atom stereocenters. The Hall–Kier alpha value is -1.85. The fraction of sp³-hybridized carbons (Fsp3) is 0.615. The first-order valence-electron chi connectivity index (χ1n) is 6.35. The highest BCUT2D eigenvalue weighted by atomic mass is 16.4. The average molecular weight is 266 g/mol. The van der Waals surface area contributed by atoms with Gasteiger partial charge in [-0.15, -0.1) is 0 Å². The fourth-order valence-electron chi connectivity index (χ4n) is 2.56. The first kappa shape index (κ1) is 13.6. The van der Waals surface area contributed by atoms with Crippen LogP contribution in [0, 0.1) is 11.3 Å². The van der Waals surface area contributed by atoms with E-state index in [1.54, 1.807) is 0 Å². The normalized spacial score (nSPS) is 23.9. The second-order valence-corrected chi connectivity index (χ2v) is 5.44. The number of carbonyl (C=O) groups excluding carboxylic acids is 1. The number of carboxylic acid groups (broad SMARTS) is 1. The third kappa shape index (κ3) is 2.22. The molecular weight excluding hydrogens is 248 g/mol. The van der Waals surface area contributed by atoms with Crippen LogP contribution in [0.4, 0.5) is 0 Å². The number of amides is 1. The Morgan fingerprint density at radius 1 is 1.53 bits per heavy atom. The van der Waals surface area contributed by atoms with E-state index in [0.29, 0.717) is 12.3 Å². The van der Waals surface area contributed by atoms with Gasteiger partial charge in [0.25, 0.3) is 5.91 Å². The third-order valence-electron chi connectivity index (χ3n) is 3.72. The third-order valence-corrected chi connectivity index (χ3v) is 3.72. The van der Waals surface area contributed by atoms with Crippen LogP contribution in [0.3, 0.4) is 0 Å². The molecule has 1 aliphatic carbocycles. The summed E-state index contributed by atoms with van der Waals surface area (Å²) in [5.41, 5.74) is -0.208. The van der Waals surface area contributed by atoms with Crippen LogP contribution in [0.2, 0.25) is 0 Å². The van der Waals surface area contributed by atoms with Gasteiger partial charge in [-0.1, -0.05) is 20.8 Å². The van der Waals surface area contributed by atoms with Gasteiger partial charge in [0.2, 0.25) is 0 Å². The summed E-state index contributed by atoms with van der Waals surface area (Å²) < 4.78 is 5.27. The maximum absolute atomic E-state index is 11.9. The van der Waals surface area contributed by atoms with Crippen molar-refractivity contribution >= 4 is 11.9 Å². The average Bonchev–Trinajstić information content (AvgIpc) is 2.74. The van der Waals surface area contributed by atoms with Gasteiger partial charge in [0, 0.05) is 12.5 Å². The topological polar surface area (TPSA) is 92.4 Å². The molecular formula is C13H18N2O4. The highest BCUT2D eigenvalue weighted by molar-refractivity contribution is 5.94. The molecule has 104 valence electrons. The Morgan fingerprint density at radius 3 is 2.74 bits per heavy atom. The highest BCUT2D eigenvalue weighted by Crippen LogP contribution is 2.64. The monoisotopic (exact) mass is 266 g/mol. The molecule has 2 rings (SSSR count). The highest BCUT2D eigenvalue weighted by Gasteiger charge is 2.65. The summed E-state index contributed by atoms with van der Waals surface area (Å²) in [6.07, 6.45) is 2.02. The first-order valence-corrected chi connectivity index (χ1v) is 6.35. The van der Waals surface area contributed by atoms with Crippen LogP contribution in [0.5, 0.6) is 0 Å². The Balaban J connectivity index is 2.22. The summed E-state index contributed by atoms with van der Waals surface area (Å²) in [6, 6.07) is 0. The fourth-order valence-corrected chi connectivity index (χ4v) is 2.56.